The molecule has 1 aromatic rings. The van der Waals surface area contributed by atoms with Crippen molar-refractivity contribution in [3.8, 4) is 0 Å². The summed E-state index contributed by atoms with van der Waals surface area (Å²) < 4.78 is 4.86. The summed E-state index contributed by atoms with van der Waals surface area (Å²) in [4.78, 5) is 3.99. The second-order valence-corrected chi connectivity index (χ2v) is 3.32. The molecule has 0 aliphatic rings. The van der Waals surface area contributed by atoms with E-state index in [2.05, 4.69) is 25.8 Å². The fraction of sp³-hybridized carbons (Fsp3) is 0.571. The summed E-state index contributed by atoms with van der Waals surface area (Å²) in [6, 6.07) is 0.241. The summed E-state index contributed by atoms with van der Waals surface area (Å²) in [5.41, 5.74) is 6.22. The van der Waals surface area contributed by atoms with Crippen LogP contribution in [0.25, 0.3) is 0 Å². The summed E-state index contributed by atoms with van der Waals surface area (Å²) in [7, 11) is 0. The lowest BCUT2D eigenvalue weighted by atomic mass is 9.93. The topological polar surface area (TPSA) is 52.0 Å². The largest absolute Gasteiger partial charge is 0.432 e. The molecule has 64 valence electrons. The molecule has 4 heteroatoms. The normalized spacial score (nSPS) is 10.8. The Morgan fingerprint density at radius 1 is 1.45 bits per heavy atom. The molecular weight excluding hydrogens is 164 g/mol. The lowest BCUT2D eigenvalue weighted by molar-refractivity contribution is 0.545. The van der Waals surface area contributed by atoms with Crippen LogP contribution < -0.4 is 5.73 Å². The minimum atomic E-state index is 0. The van der Waals surface area contributed by atoms with E-state index < -0.39 is 0 Å². The zero-order valence-corrected chi connectivity index (χ0v) is 7.73. The molecule has 2 N–H and O–H groups in total. The van der Waals surface area contributed by atoms with Gasteiger partial charge in [-0.25, -0.2) is 0 Å². The maximum absolute atomic E-state index is 5.30. The third kappa shape index (κ3) is 2.42. The molecule has 0 saturated carbocycles. The van der Waals surface area contributed by atoms with Gasteiger partial charge in [0.15, 0.2) is 0 Å². The van der Waals surface area contributed by atoms with E-state index in [1.165, 1.54) is 0 Å². The first-order valence-corrected chi connectivity index (χ1v) is 3.21. The first kappa shape index (κ1) is 10.3. The van der Waals surface area contributed by atoms with Crippen molar-refractivity contribution in [3.05, 3.63) is 12.0 Å². The van der Waals surface area contributed by atoms with Gasteiger partial charge in [-0.2, -0.15) is 4.98 Å². The van der Waals surface area contributed by atoms with Crippen molar-refractivity contribution in [1.29, 1.82) is 0 Å². The second kappa shape index (κ2) is 3.13. The minimum Gasteiger partial charge on any atom is -0.432 e. The Kier molecular flexibility index (Phi) is 2.93. The van der Waals surface area contributed by atoms with E-state index in [-0.39, 0.29) is 23.8 Å². The first-order chi connectivity index (χ1) is 4.50. The number of halogens is 1. The van der Waals surface area contributed by atoms with Gasteiger partial charge in [0.2, 0.25) is 0 Å². The summed E-state index contributed by atoms with van der Waals surface area (Å²) in [6.45, 7) is 6.18. The Bertz CT molecular complexity index is 227. The van der Waals surface area contributed by atoms with Gasteiger partial charge < -0.3 is 10.2 Å². The molecule has 0 atom stereocenters. The van der Waals surface area contributed by atoms with Crippen LogP contribution in [0.15, 0.2) is 10.7 Å². The summed E-state index contributed by atoms with van der Waals surface area (Å²) in [5.74, 6) is 0. The van der Waals surface area contributed by atoms with E-state index in [1.807, 2.05) is 0 Å². The molecule has 0 aromatic carbocycles. The fourth-order valence-electron chi connectivity index (χ4n) is 0.632. The molecule has 3 nitrogen and oxygen atoms in total. The molecule has 0 radical (unpaired) electrons. The average Bonchev–Trinajstić information content (AvgIpc) is 2.11. The van der Waals surface area contributed by atoms with Gasteiger partial charge in [0.1, 0.15) is 6.26 Å². The monoisotopic (exact) mass is 176 g/mol. The second-order valence-electron chi connectivity index (χ2n) is 3.32. The highest BCUT2D eigenvalue weighted by atomic mass is 35.5. The molecule has 1 aromatic heterocycles. The third-order valence-corrected chi connectivity index (χ3v) is 1.29. The van der Waals surface area contributed by atoms with Gasteiger partial charge in [0.25, 0.3) is 6.01 Å². The number of anilines is 1. The van der Waals surface area contributed by atoms with Crippen LogP contribution in [0.5, 0.6) is 0 Å². The number of nitrogens with two attached hydrogens (primary N) is 1. The highest BCUT2D eigenvalue weighted by Gasteiger charge is 2.17. The van der Waals surface area contributed by atoms with E-state index >= 15 is 0 Å². The lowest BCUT2D eigenvalue weighted by Crippen LogP contribution is -2.11. The van der Waals surface area contributed by atoms with Gasteiger partial charge in [0, 0.05) is 5.41 Å². The van der Waals surface area contributed by atoms with E-state index in [1.54, 1.807) is 6.26 Å². The number of nitrogen functional groups attached to an aromatic ring is 1. The van der Waals surface area contributed by atoms with E-state index in [4.69, 9.17) is 10.2 Å². The number of rotatable bonds is 0. The van der Waals surface area contributed by atoms with Crippen molar-refractivity contribution in [2.75, 3.05) is 5.73 Å². The molecule has 0 amide bonds. The number of oxazole rings is 1. The van der Waals surface area contributed by atoms with Crippen LogP contribution in [0.3, 0.4) is 0 Å². The van der Waals surface area contributed by atoms with Crippen LogP contribution in [0.2, 0.25) is 0 Å². The predicted octanol–water partition coefficient (Wildman–Crippen LogP) is 1.98. The predicted molar refractivity (Wildman–Crippen MR) is 46.9 cm³/mol. The van der Waals surface area contributed by atoms with Crippen LogP contribution in [0.4, 0.5) is 6.01 Å². The summed E-state index contributed by atoms with van der Waals surface area (Å²) in [5, 5.41) is 0. The van der Waals surface area contributed by atoms with Gasteiger partial charge in [-0.15, -0.1) is 12.4 Å². The highest BCUT2D eigenvalue weighted by molar-refractivity contribution is 5.85. The van der Waals surface area contributed by atoms with E-state index in [0.29, 0.717) is 0 Å². The Morgan fingerprint density at radius 2 is 2.00 bits per heavy atom. The van der Waals surface area contributed by atoms with Crippen LogP contribution in [0, 0.1) is 0 Å². The van der Waals surface area contributed by atoms with Crippen LogP contribution in [0.1, 0.15) is 26.5 Å². The van der Waals surface area contributed by atoms with Gasteiger partial charge in [-0.1, -0.05) is 20.8 Å². The van der Waals surface area contributed by atoms with Gasteiger partial charge >= 0.3 is 0 Å². The summed E-state index contributed by atoms with van der Waals surface area (Å²) >= 11 is 0. The van der Waals surface area contributed by atoms with Crippen molar-refractivity contribution in [2.45, 2.75) is 26.2 Å². The van der Waals surface area contributed by atoms with Crippen molar-refractivity contribution < 1.29 is 4.42 Å². The van der Waals surface area contributed by atoms with Crippen molar-refractivity contribution in [1.82, 2.24) is 4.98 Å². The zero-order valence-electron chi connectivity index (χ0n) is 6.92. The number of hydrogen-bond donors (Lipinski definition) is 1. The molecule has 0 saturated heterocycles. The summed E-state index contributed by atoms with van der Waals surface area (Å²) in [6.07, 6.45) is 1.59. The first-order valence-electron chi connectivity index (χ1n) is 3.21. The van der Waals surface area contributed by atoms with E-state index in [9.17, 15) is 0 Å². The number of hydrogen-bond acceptors (Lipinski definition) is 3. The Hall–Kier alpha value is -0.700. The molecule has 0 aliphatic carbocycles. The highest BCUT2D eigenvalue weighted by Crippen LogP contribution is 2.21. The van der Waals surface area contributed by atoms with Gasteiger partial charge in [-0.3, -0.25) is 0 Å². The van der Waals surface area contributed by atoms with Crippen LogP contribution >= 0.6 is 12.4 Å². The molecule has 1 rings (SSSR count). The molecule has 0 bridgehead atoms. The Morgan fingerprint density at radius 3 is 2.18 bits per heavy atom. The Balaban J connectivity index is 0.000001000. The molecule has 11 heavy (non-hydrogen) atoms. The van der Waals surface area contributed by atoms with Crippen molar-refractivity contribution in [2.24, 2.45) is 0 Å². The van der Waals surface area contributed by atoms with Crippen LogP contribution in [-0.4, -0.2) is 4.98 Å². The quantitative estimate of drug-likeness (QED) is 0.658. The molecule has 0 unspecified atom stereocenters. The lowest BCUT2D eigenvalue weighted by Gasteiger charge is -2.12. The zero-order chi connectivity index (χ0) is 7.78. The van der Waals surface area contributed by atoms with Crippen molar-refractivity contribution >= 4 is 18.4 Å². The number of aromatic nitrogens is 1. The number of nitrogens with zero attached hydrogens (tertiary/aromatic N) is 1. The van der Waals surface area contributed by atoms with E-state index in [0.717, 1.165) is 5.69 Å². The smallest absolute Gasteiger partial charge is 0.292 e. The van der Waals surface area contributed by atoms with Gasteiger partial charge in [-0.05, 0) is 0 Å². The average molecular weight is 177 g/mol. The Labute approximate surface area is 72.4 Å². The molecular formula is C7H13ClN2O. The standard InChI is InChI=1S/C7H12N2O.ClH/c1-7(2,3)5-4-10-6(8)9-5;/h4H,1-3H3,(H2,8,9);1H. The maximum atomic E-state index is 5.30. The molecule has 0 aliphatic heterocycles. The minimum absolute atomic E-state index is 0. The van der Waals surface area contributed by atoms with Crippen molar-refractivity contribution in [3.63, 3.8) is 0 Å². The van der Waals surface area contributed by atoms with Crippen LogP contribution in [-0.2, 0) is 5.41 Å². The SMILES string of the molecule is CC(C)(C)c1coc(N)n1.Cl. The third-order valence-electron chi connectivity index (χ3n) is 1.29. The molecule has 0 fully saturated rings. The molecule has 1 heterocycles. The fourth-order valence-corrected chi connectivity index (χ4v) is 0.632. The molecule has 0 spiro atoms. The van der Waals surface area contributed by atoms with Gasteiger partial charge in [0.05, 0.1) is 5.69 Å². The maximum Gasteiger partial charge on any atom is 0.292 e.